The Hall–Kier alpha value is -3.56. The van der Waals surface area contributed by atoms with E-state index in [2.05, 4.69) is 32.0 Å². The minimum atomic E-state index is -0.122. The second kappa shape index (κ2) is 11.0. The summed E-state index contributed by atoms with van der Waals surface area (Å²) in [5.74, 6) is 0.707. The summed E-state index contributed by atoms with van der Waals surface area (Å²) in [5, 5.41) is 5.71. The molecule has 0 atom stereocenters. The number of nitrogens with one attached hydrogen (secondary N) is 1. The zero-order valence-electron chi connectivity index (χ0n) is 19.4. The molecule has 8 nitrogen and oxygen atoms in total. The number of aromatic nitrogens is 4. The Morgan fingerprint density at radius 1 is 1.15 bits per heavy atom. The van der Waals surface area contributed by atoms with Gasteiger partial charge >= 0.3 is 0 Å². The third kappa shape index (κ3) is 5.32. The molecule has 0 unspecified atom stereocenters. The molecule has 1 amide bonds. The number of hydrogen-bond acceptors (Lipinski definition) is 7. The highest BCUT2D eigenvalue weighted by Crippen LogP contribution is 2.31. The predicted molar refractivity (Wildman–Crippen MR) is 132 cm³/mol. The van der Waals surface area contributed by atoms with Crippen molar-refractivity contribution >= 4 is 17.2 Å². The predicted octanol–water partition coefficient (Wildman–Crippen LogP) is 4.00. The van der Waals surface area contributed by atoms with E-state index in [0.717, 1.165) is 40.0 Å². The maximum absolute atomic E-state index is 12.9. The van der Waals surface area contributed by atoms with Gasteiger partial charge in [0, 0.05) is 43.7 Å². The smallest absolute Gasteiger partial charge is 0.253 e. The van der Waals surface area contributed by atoms with E-state index in [0.29, 0.717) is 25.3 Å². The average Bonchev–Trinajstić information content (AvgIpc) is 3.48. The standard InChI is InChI=1S/C25H27N5O3S/c1-17-20(24(31)28-11-13-32-2)14-23(22-16-34-25(29-22)21-15-26-9-10-27-21)30(17)12-8-18-4-6-19(33-3)7-5-18/h4-7,9-10,14-16H,8,11-13H2,1-3H3,(H,28,31). The van der Waals surface area contributed by atoms with Gasteiger partial charge in [-0.2, -0.15) is 0 Å². The lowest BCUT2D eigenvalue weighted by Gasteiger charge is -2.12. The van der Waals surface area contributed by atoms with Gasteiger partial charge in [-0.3, -0.25) is 14.8 Å². The minimum absolute atomic E-state index is 0.122. The maximum Gasteiger partial charge on any atom is 0.253 e. The fraction of sp³-hybridized carbons (Fsp3) is 0.280. The molecule has 0 aliphatic heterocycles. The van der Waals surface area contributed by atoms with Crippen LogP contribution in [0.1, 0.15) is 21.6 Å². The van der Waals surface area contributed by atoms with Gasteiger partial charge in [0.05, 0.1) is 36.9 Å². The number of methoxy groups -OCH3 is 2. The maximum atomic E-state index is 12.9. The van der Waals surface area contributed by atoms with Crippen molar-refractivity contribution in [3.05, 3.63) is 71.1 Å². The number of carbonyl (C=O) groups is 1. The molecule has 0 radical (unpaired) electrons. The Morgan fingerprint density at radius 2 is 1.97 bits per heavy atom. The molecule has 3 heterocycles. The van der Waals surface area contributed by atoms with Gasteiger partial charge < -0.3 is 19.4 Å². The van der Waals surface area contributed by atoms with Crippen LogP contribution in [0.2, 0.25) is 0 Å². The molecule has 0 saturated heterocycles. The van der Waals surface area contributed by atoms with E-state index in [9.17, 15) is 4.79 Å². The number of benzene rings is 1. The average molecular weight is 478 g/mol. The van der Waals surface area contributed by atoms with Crippen LogP contribution >= 0.6 is 11.3 Å². The van der Waals surface area contributed by atoms with Crippen molar-refractivity contribution in [3.63, 3.8) is 0 Å². The summed E-state index contributed by atoms with van der Waals surface area (Å²) in [6.45, 7) is 3.59. The van der Waals surface area contributed by atoms with Crippen LogP contribution in [0, 0.1) is 6.92 Å². The molecule has 0 saturated carbocycles. The van der Waals surface area contributed by atoms with Crippen molar-refractivity contribution in [2.24, 2.45) is 0 Å². The van der Waals surface area contributed by atoms with E-state index in [1.54, 1.807) is 32.8 Å². The molecule has 3 aromatic heterocycles. The lowest BCUT2D eigenvalue weighted by atomic mass is 10.1. The van der Waals surface area contributed by atoms with Gasteiger partial charge in [-0.05, 0) is 37.1 Å². The molecule has 9 heteroatoms. The molecule has 4 aromatic rings. The normalized spacial score (nSPS) is 10.9. The van der Waals surface area contributed by atoms with Crippen LogP contribution in [0.5, 0.6) is 5.75 Å². The molecular weight excluding hydrogens is 450 g/mol. The van der Waals surface area contributed by atoms with Crippen LogP contribution in [-0.4, -0.2) is 52.8 Å². The zero-order chi connectivity index (χ0) is 23.9. The zero-order valence-corrected chi connectivity index (χ0v) is 20.3. The van der Waals surface area contributed by atoms with Gasteiger partial charge in [-0.25, -0.2) is 4.98 Å². The van der Waals surface area contributed by atoms with Crippen LogP contribution in [0.3, 0.4) is 0 Å². The third-order valence-corrected chi connectivity index (χ3v) is 6.40. The summed E-state index contributed by atoms with van der Waals surface area (Å²) in [7, 11) is 3.27. The molecule has 4 rings (SSSR count). The number of hydrogen-bond donors (Lipinski definition) is 1. The highest BCUT2D eigenvalue weighted by Gasteiger charge is 2.20. The van der Waals surface area contributed by atoms with E-state index < -0.39 is 0 Å². The number of carbonyl (C=O) groups excluding carboxylic acids is 1. The Morgan fingerprint density at radius 3 is 2.68 bits per heavy atom. The van der Waals surface area contributed by atoms with E-state index >= 15 is 0 Å². The Balaban J connectivity index is 1.65. The molecular formula is C25H27N5O3S. The fourth-order valence-corrected chi connectivity index (χ4v) is 4.46. The Bertz CT molecular complexity index is 1240. The molecule has 34 heavy (non-hydrogen) atoms. The van der Waals surface area contributed by atoms with Crippen molar-refractivity contribution in [3.8, 4) is 27.8 Å². The first-order valence-electron chi connectivity index (χ1n) is 10.9. The molecule has 0 bridgehead atoms. The minimum Gasteiger partial charge on any atom is -0.497 e. The second-order valence-electron chi connectivity index (χ2n) is 7.66. The van der Waals surface area contributed by atoms with Crippen molar-refractivity contribution in [2.45, 2.75) is 19.9 Å². The summed E-state index contributed by atoms with van der Waals surface area (Å²) in [6.07, 6.45) is 5.80. The van der Waals surface area contributed by atoms with Gasteiger partial charge in [0.1, 0.15) is 16.5 Å². The largest absolute Gasteiger partial charge is 0.497 e. The van der Waals surface area contributed by atoms with Crippen LogP contribution in [-0.2, 0) is 17.7 Å². The summed E-state index contributed by atoms with van der Waals surface area (Å²) in [6, 6.07) is 9.96. The van der Waals surface area contributed by atoms with Crippen molar-refractivity contribution < 1.29 is 14.3 Å². The summed E-state index contributed by atoms with van der Waals surface area (Å²) in [4.78, 5) is 26.2. The first-order valence-corrected chi connectivity index (χ1v) is 11.8. The Labute approximate surface area is 202 Å². The quantitative estimate of drug-likeness (QED) is 0.347. The topological polar surface area (TPSA) is 91.2 Å². The number of amides is 1. The lowest BCUT2D eigenvalue weighted by Crippen LogP contribution is -2.27. The second-order valence-corrected chi connectivity index (χ2v) is 8.51. The van der Waals surface area contributed by atoms with Gasteiger partial charge in [0.25, 0.3) is 5.91 Å². The number of rotatable bonds is 10. The highest BCUT2D eigenvalue weighted by atomic mass is 32.1. The van der Waals surface area contributed by atoms with Gasteiger partial charge in [-0.1, -0.05) is 12.1 Å². The van der Waals surface area contributed by atoms with Crippen molar-refractivity contribution in [2.75, 3.05) is 27.4 Å². The summed E-state index contributed by atoms with van der Waals surface area (Å²) >= 11 is 1.51. The number of ether oxygens (including phenoxy) is 2. The van der Waals surface area contributed by atoms with E-state index in [1.165, 1.54) is 16.9 Å². The number of nitrogens with zero attached hydrogens (tertiary/aromatic N) is 4. The van der Waals surface area contributed by atoms with Crippen LogP contribution < -0.4 is 10.1 Å². The van der Waals surface area contributed by atoms with Crippen LogP contribution in [0.15, 0.2) is 54.3 Å². The van der Waals surface area contributed by atoms with Crippen molar-refractivity contribution in [1.29, 1.82) is 0 Å². The molecule has 1 aromatic carbocycles. The molecule has 0 aliphatic carbocycles. The fourth-order valence-electron chi connectivity index (χ4n) is 3.69. The van der Waals surface area contributed by atoms with E-state index in [1.807, 2.05) is 30.5 Å². The molecule has 0 spiro atoms. The van der Waals surface area contributed by atoms with E-state index in [4.69, 9.17) is 14.5 Å². The monoisotopic (exact) mass is 477 g/mol. The number of thiazole rings is 1. The molecule has 0 fully saturated rings. The first kappa shape index (κ1) is 23.6. The lowest BCUT2D eigenvalue weighted by molar-refractivity contribution is 0.0936. The molecule has 1 N–H and O–H groups in total. The SMILES string of the molecule is COCCNC(=O)c1cc(-c2csc(-c3cnccn3)n2)n(CCc2ccc(OC)cc2)c1C. The molecule has 176 valence electrons. The van der Waals surface area contributed by atoms with Gasteiger partial charge in [0.15, 0.2) is 0 Å². The first-order chi connectivity index (χ1) is 16.6. The van der Waals surface area contributed by atoms with E-state index in [-0.39, 0.29) is 5.91 Å². The third-order valence-electron chi connectivity index (χ3n) is 5.53. The Kier molecular flexibility index (Phi) is 7.66. The van der Waals surface area contributed by atoms with Crippen molar-refractivity contribution in [1.82, 2.24) is 24.8 Å². The summed E-state index contributed by atoms with van der Waals surface area (Å²) in [5.41, 5.74) is 5.14. The van der Waals surface area contributed by atoms with Crippen LogP contribution in [0.4, 0.5) is 0 Å². The van der Waals surface area contributed by atoms with Gasteiger partial charge in [0.2, 0.25) is 0 Å². The van der Waals surface area contributed by atoms with Crippen LogP contribution in [0.25, 0.3) is 22.1 Å². The number of aryl methyl sites for hydroxylation is 1. The highest BCUT2D eigenvalue weighted by molar-refractivity contribution is 7.13. The van der Waals surface area contributed by atoms with Gasteiger partial charge in [-0.15, -0.1) is 11.3 Å². The molecule has 0 aliphatic rings. The summed E-state index contributed by atoms with van der Waals surface area (Å²) < 4.78 is 12.5.